The summed E-state index contributed by atoms with van der Waals surface area (Å²) in [6.07, 6.45) is 1.91. The summed E-state index contributed by atoms with van der Waals surface area (Å²) in [5.74, 6) is 0. The molecule has 110 valence electrons. The van der Waals surface area contributed by atoms with E-state index < -0.39 is 0 Å². The molecule has 0 saturated heterocycles. The molecule has 1 aromatic carbocycles. The summed E-state index contributed by atoms with van der Waals surface area (Å²) in [6, 6.07) is 9.84. The van der Waals surface area contributed by atoms with Crippen molar-refractivity contribution in [2.75, 3.05) is 0 Å². The molecule has 2 heterocycles. The lowest BCUT2D eigenvalue weighted by atomic mass is 10.0. The number of aryl methyl sites for hydroxylation is 1. The van der Waals surface area contributed by atoms with E-state index in [1.54, 1.807) is 4.52 Å². The quantitative estimate of drug-likeness (QED) is 0.780. The number of nitrogens with two attached hydrogens (primary N) is 1. The van der Waals surface area contributed by atoms with Gasteiger partial charge in [-0.1, -0.05) is 41.9 Å². The minimum atomic E-state index is -0.134. The second-order valence-electron chi connectivity index (χ2n) is 4.87. The van der Waals surface area contributed by atoms with E-state index in [0.29, 0.717) is 10.7 Å². The molecule has 0 aliphatic carbocycles. The van der Waals surface area contributed by atoms with Crippen molar-refractivity contribution in [3.05, 3.63) is 52.8 Å². The molecular weight excluding hydrogens is 307 g/mol. The first-order valence-electron chi connectivity index (χ1n) is 6.44. The Kier molecular flexibility index (Phi) is 4.52. The summed E-state index contributed by atoms with van der Waals surface area (Å²) >= 11 is 6.26. The van der Waals surface area contributed by atoms with Gasteiger partial charge in [0.25, 0.3) is 0 Å². The Morgan fingerprint density at radius 3 is 2.52 bits per heavy atom. The van der Waals surface area contributed by atoms with E-state index >= 15 is 0 Å². The lowest BCUT2D eigenvalue weighted by Crippen LogP contribution is -2.10. The van der Waals surface area contributed by atoms with E-state index in [9.17, 15) is 0 Å². The van der Waals surface area contributed by atoms with Gasteiger partial charge in [0, 0.05) is 23.4 Å². The zero-order valence-electron chi connectivity index (χ0n) is 11.7. The number of fused-ring (bicyclic) bond motifs is 1. The fourth-order valence-corrected chi connectivity index (χ4v) is 2.40. The van der Waals surface area contributed by atoms with Gasteiger partial charge in [0.2, 0.25) is 0 Å². The van der Waals surface area contributed by atoms with Gasteiger partial charge in [-0.05, 0) is 13.8 Å². The lowest BCUT2D eigenvalue weighted by Gasteiger charge is -2.12. The molecule has 21 heavy (non-hydrogen) atoms. The predicted octanol–water partition coefficient (Wildman–Crippen LogP) is 3.80. The minimum absolute atomic E-state index is 0. The first-order valence-corrected chi connectivity index (χ1v) is 6.82. The molecular formula is C15H16Cl2N4. The van der Waals surface area contributed by atoms with Gasteiger partial charge >= 0.3 is 0 Å². The SMILES string of the molecule is Cc1nn2cc([C@H](C)N)c(-c3ccccc3)nc2c1Cl.Cl. The van der Waals surface area contributed by atoms with Crippen molar-refractivity contribution in [3.63, 3.8) is 0 Å². The Labute approximate surface area is 134 Å². The van der Waals surface area contributed by atoms with E-state index in [1.807, 2.05) is 50.4 Å². The Bertz CT molecular complexity index is 766. The van der Waals surface area contributed by atoms with Gasteiger partial charge in [0.05, 0.1) is 11.4 Å². The van der Waals surface area contributed by atoms with Crippen LogP contribution in [0, 0.1) is 6.92 Å². The maximum atomic E-state index is 6.26. The molecule has 3 rings (SSSR count). The van der Waals surface area contributed by atoms with Crippen LogP contribution in [0.25, 0.3) is 16.9 Å². The highest BCUT2D eigenvalue weighted by atomic mass is 35.5. The van der Waals surface area contributed by atoms with E-state index in [1.165, 1.54) is 0 Å². The van der Waals surface area contributed by atoms with Crippen LogP contribution in [0.3, 0.4) is 0 Å². The Morgan fingerprint density at radius 1 is 1.24 bits per heavy atom. The molecule has 1 atom stereocenters. The molecule has 0 spiro atoms. The number of benzene rings is 1. The Balaban J connectivity index is 0.00000161. The third kappa shape index (κ3) is 2.75. The lowest BCUT2D eigenvalue weighted by molar-refractivity contribution is 0.788. The molecule has 0 aliphatic heterocycles. The van der Waals surface area contributed by atoms with Crippen molar-refractivity contribution in [1.29, 1.82) is 0 Å². The molecule has 2 N–H and O–H groups in total. The molecule has 0 unspecified atom stereocenters. The van der Waals surface area contributed by atoms with Gasteiger partial charge < -0.3 is 5.73 Å². The zero-order chi connectivity index (χ0) is 14.3. The van der Waals surface area contributed by atoms with Crippen molar-refractivity contribution in [1.82, 2.24) is 14.6 Å². The average molecular weight is 323 g/mol. The van der Waals surface area contributed by atoms with Gasteiger partial charge in [-0.3, -0.25) is 0 Å². The summed E-state index contributed by atoms with van der Waals surface area (Å²) in [7, 11) is 0. The largest absolute Gasteiger partial charge is 0.324 e. The summed E-state index contributed by atoms with van der Waals surface area (Å²) in [5, 5.41) is 4.94. The number of rotatable bonds is 2. The maximum absolute atomic E-state index is 6.26. The molecule has 0 fully saturated rings. The molecule has 0 saturated carbocycles. The molecule has 0 bridgehead atoms. The summed E-state index contributed by atoms with van der Waals surface area (Å²) in [4.78, 5) is 4.68. The second-order valence-corrected chi connectivity index (χ2v) is 5.25. The number of nitrogens with zero attached hydrogens (tertiary/aromatic N) is 3. The fraction of sp³-hybridized carbons (Fsp3) is 0.200. The third-order valence-electron chi connectivity index (χ3n) is 3.28. The molecule has 3 aromatic rings. The van der Waals surface area contributed by atoms with Crippen LogP contribution in [-0.2, 0) is 0 Å². The van der Waals surface area contributed by atoms with E-state index in [0.717, 1.165) is 22.5 Å². The third-order valence-corrected chi connectivity index (χ3v) is 3.72. The summed E-state index contributed by atoms with van der Waals surface area (Å²) < 4.78 is 1.70. The number of aromatic nitrogens is 3. The van der Waals surface area contributed by atoms with E-state index in [2.05, 4.69) is 10.1 Å². The summed E-state index contributed by atoms with van der Waals surface area (Å²) in [6.45, 7) is 3.80. The highest BCUT2D eigenvalue weighted by Crippen LogP contribution is 2.28. The number of hydrogen-bond donors (Lipinski definition) is 1. The van der Waals surface area contributed by atoms with Crippen LogP contribution < -0.4 is 5.73 Å². The van der Waals surface area contributed by atoms with Crippen molar-refractivity contribution in [2.24, 2.45) is 5.73 Å². The van der Waals surface area contributed by atoms with Crippen LogP contribution in [0.1, 0.15) is 24.2 Å². The van der Waals surface area contributed by atoms with Crippen molar-refractivity contribution < 1.29 is 0 Å². The van der Waals surface area contributed by atoms with Gasteiger partial charge in [-0.25, -0.2) is 9.50 Å². The fourth-order valence-electron chi connectivity index (χ4n) is 2.23. The molecule has 6 heteroatoms. The first kappa shape index (κ1) is 15.8. The predicted molar refractivity (Wildman–Crippen MR) is 88.0 cm³/mol. The highest BCUT2D eigenvalue weighted by molar-refractivity contribution is 6.34. The van der Waals surface area contributed by atoms with Crippen LogP contribution in [0.2, 0.25) is 5.02 Å². The molecule has 0 aliphatic rings. The molecule has 4 nitrogen and oxygen atoms in total. The van der Waals surface area contributed by atoms with Crippen molar-refractivity contribution in [3.8, 4) is 11.3 Å². The van der Waals surface area contributed by atoms with E-state index in [-0.39, 0.29) is 18.4 Å². The van der Waals surface area contributed by atoms with E-state index in [4.69, 9.17) is 17.3 Å². The highest BCUT2D eigenvalue weighted by Gasteiger charge is 2.16. The monoisotopic (exact) mass is 322 g/mol. The topological polar surface area (TPSA) is 56.2 Å². The number of halogens is 2. The van der Waals surface area contributed by atoms with Crippen molar-refractivity contribution in [2.45, 2.75) is 19.9 Å². The minimum Gasteiger partial charge on any atom is -0.324 e. The van der Waals surface area contributed by atoms with Crippen LogP contribution in [0.15, 0.2) is 36.5 Å². The van der Waals surface area contributed by atoms with Crippen LogP contribution in [0.4, 0.5) is 0 Å². The van der Waals surface area contributed by atoms with Gasteiger partial charge in [-0.15, -0.1) is 12.4 Å². The molecule has 2 aromatic heterocycles. The normalized spacial score (nSPS) is 12.2. The van der Waals surface area contributed by atoms with Crippen LogP contribution in [-0.4, -0.2) is 14.6 Å². The smallest absolute Gasteiger partial charge is 0.174 e. The van der Waals surface area contributed by atoms with Gasteiger partial charge in [0.15, 0.2) is 5.65 Å². The Hall–Kier alpha value is -1.62. The van der Waals surface area contributed by atoms with Crippen molar-refractivity contribution >= 4 is 29.7 Å². The molecule has 0 amide bonds. The second kappa shape index (κ2) is 6.02. The standard InChI is InChI=1S/C15H15ClN4.ClH/c1-9(17)12-8-20-15(13(16)10(2)19-20)18-14(12)11-6-4-3-5-7-11;/h3-9H,17H2,1-2H3;1H/t9-;/m0./s1. The van der Waals surface area contributed by atoms with Gasteiger partial charge in [-0.2, -0.15) is 5.10 Å². The average Bonchev–Trinajstić information content (AvgIpc) is 2.73. The first-order chi connectivity index (χ1) is 9.58. The van der Waals surface area contributed by atoms with Crippen LogP contribution in [0.5, 0.6) is 0 Å². The zero-order valence-corrected chi connectivity index (χ0v) is 13.3. The Morgan fingerprint density at radius 2 is 1.90 bits per heavy atom. The number of hydrogen-bond acceptors (Lipinski definition) is 3. The van der Waals surface area contributed by atoms with Crippen LogP contribution >= 0.6 is 24.0 Å². The maximum Gasteiger partial charge on any atom is 0.174 e. The van der Waals surface area contributed by atoms with Gasteiger partial charge in [0.1, 0.15) is 5.02 Å². The summed E-state index contributed by atoms with van der Waals surface area (Å²) in [5.41, 5.74) is 10.3. The molecule has 0 radical (unpaired) electrons.